The molecule has 1 aliphatic heterocycles. The largest absolute Gasteiger partial charge is 0.459 e. The smallest absolute Gasteiger partial charge is 0.329 e. The van der Waals surface area contributed by atoms with Crippen LogP contribution in [0.25, 0.3) is 0 Å². The molecule has 49 heavy (non-hydrogen) atoms. The molecule has 5 amide bonds. The molecule has 2 aliphatic carbocycles. The van der Waals surface area contributed by atoms with Gasteiger partial charge in [0.1, 0.15) is 24.7 Å². The summed E-state index contributed by atoms with van der Waals surface area (Å²) >= 11 is 0. The van der Waals surface area contributed by atoms with Crippen LogP contribution in [0.15, 0.2) is 43.0 Å². The number of hydrogen-bond donors (Lipinski definition) is 4. The van der Waals surface area contributed by atoms with Crippen LogP contribution in [0.4, 0.5) is 4.79 Å². The third kappa shape index (κ3) is 9.07. The van der Waals surface area contributed by atoms with E-state index in [9.17, 15) is 28.8 Å². The SMILES string of the molecule is C=CCNC(=O)C(=O)C(CCC)NC(=O)[C@@H]1[C@H]2CC(C)(C)[C@H]2CN1C(=O)[C@@H](NC(=O)N[C@H](C(=O)OCc1ccccc1)C1CC1)C(C)(C)C. The summed E-state index contributed by atoms with van der Waals surface area (Å²) in [6.45, 7) is 15.6. The fourth-order valence-electron chi connectivity index (χ4n) is 7.12. The molecule has 6 atom stereocenters. The van der Waals surface area contributed by atoms with E-state index >= 15 is 0 Å². The monoisotopic (exact) mass is 679 g/mol. The van der Waals surface area contributed by atoms with Crippen LogP contribution in [0.1, 0.15) is 79.2 Å². The van der Waals surface area contributed by atoms with Crippen LogP contribution < -0.4 is 21.3 Å². The molecular weight excluding hydrogens is 626 g/mol. The number of ether oxygens (including phenoxy) is 1. The van der Waals surface area contributed by atoms with Crippen LogP contribution in [-0.4, -0.2) is 77.7 Å². The first kappa shape index (κ1) is 37.6. The van der Waals surface area contributed by atoms with E-state index in [0.717, 1.165) is 18.4 Å². The predicted molar refractivity (Wildman–Crippen MR) is 184 cm³/mol. The van der Waals surface area contributed by atoms with Crippen LogP contribution >= 0.6 is 0 Å². The van der Waals surface area contributed by atoms with Gasteiger partial charge in [0.25, 0.3) is 5.91 Å². The maximum Gasteiger partial charge on any atom is 0.329 e. The first-order valence-corrected chi connectivity index (χ1v) is 17.4. The Morgan fingerprint density at radius 1 is 1.04 bits per heavy atom. The number of Topliss-reactive ketones (excluding diaryl/α,β-unsaturated/α-hetero) is 1. The van der Waals surface area contributed by atoms with E-state index in [1.165, 1.54) is 11.0 Å². The standard InChI is InChI=1S/C37H53N5O7/c1-8-13-26(29(43)32(45)38-18-9-2)39-31(44)28-24-19-37(6,7)25(24)20-42(28)33(46)30(36(3,4)5)41-35(48)40-27(23-16-17-23)34(47)49-21-22-14-11-10-12-15-22/h9-12,14-15,23-28,30H,2,8,13,16-21H2,1,3-7H3,(H,38,45)(H,39,44)(H2,40,41,48)/t24-,25-,26?,27-,28-,30+/m0/s1. The zero-order valence-corrected chi connectivity index (χ0v) is 29.7. The van der Waals surface area contributed by atoms with Crippen molar-refractivity contribution in [2.24, 2.45) is 28.6 Å². The number of urea groups is 1. The van der Waals surface area contributed by atoms with Crippen molar-refractivity contribution in [1.82, 2.24) is 26.2 Å². The molecule has 4 N–H and O–H groups in total. The molecule has 1 unspecified atom stereocenters. The Hall–Kier alpha value is -4.22. The van der Waals surface area contributed by atoms with Gasteiger partial charge in [0.2, 0.25) is 17.6 Å². The summed E-state index contributed by atoms with van der Waals surface area (Å²) in [5, 5.41) is 10.9. The minimum atomic E-state index is -1.05. The van der Waals surface area contributed by atoms with Gasteiger partial charge in [-0.05, 0) is 59.8 Å². The first-order chi connectivity index (χ1) is 23.1. The maximum absolute atomic E-state index is 14.4. The highest BCUT2D eigenvalue weighted by molar-refractivity contribution is 6.38. The van der Waals surface area contributed by atoms with E-state index < -0.39 is 65.1 Å². The van der Waals surface area contributed by atoms with E-state index in [4.69, 9.17) is 4.74 Å². The number of likely N-dealkylation sites (tertiary alicyclic amines) is 1. The van der Waals surface area contributed by atoms with E-state index in [-0.39, 0.29) is 42.7 Å². The molecule has 0 bridgehead atoms. The molecule has 1 saturated heterocycles. The van der Waals surface area contributed by atoms with Gasteiger partial charge in [0, 0.05) is 13.1 Å². The minimum Gasteiger partial charge on any atom is -0.459 e. The van der Waals surface area contributed by atoms with Gasteiger partial charge in [-0.1, -0.05) is 84.4 Å². The molecule has 0 spiro atoms. The molecule has 0 aromatic heterocycles. The van der Waals surface area contributed by atoms with Gasteiger partial charge in [-0.3, -0.25) is 19.2 Å². The second-order valence-corrected chi connectivity index (χ2v) is 15.4. The molecule has 1 heterocycles. The van der Waals surface area contributed by atoms with E-state index in [1.807, 2.05) is 58.0 Å². The topological polar surface area (TPSA) is 163 Å². The molecule has 2 saturated carbocycles. The number of rotatable bonds is 15. The molecule has 4 rings (SSSR count). The molecular formula is C37H53N5O7. The normalized spacial score (nSPS) is 22.7. The Morgan fingerprint density at radius 3 is 2.29 bits per heavy atom. The zero-order chi connectivity index (χ0) is 36.1. The molecule has 268 valence electrons. The lowest BCUT2D eigenvalue weighted by Crippen LogP contribution is -2.61. The second kappa shape index (κ2) is 15.6. The molecule has 12 heteroatoms. The fourth-order valence-corrected chi connectivity index (χ4v) is 7.12. The maximum atomic E-state index is 14.4. The summed E-state index contributed by atoms with van der Waals surface area (Å²) in [4.78, 5) is 82.0. The van der Waals surface area contributed by atoms with Crippen molar-refractivity contribution in [2.75, 3.05) is 13.1 Å². The number of amides is 5. The molecule has 12 nitrogen and oxygen atoms in total. The number of nitrogens with zero attached hydrogens (tertiary/aromatic N) is 1. The average Bonchev–Trinajstić information content (AvgIpc) is 3.84. The Bertz CT molecular complexity index is 1420. The van der Waals surface area contributed by atoms with Crippen molar-refractivity contribution < 1.29 is 33.5 Å². The van der Waals surface area contributed by atoms with Crippen LogP contribution in [0.3, 0.4) is 0 Å². The number of hydrogen-bond acceptors (Lipinski definition) is 7. The van der Waals surface area contributed by atoms with Crippen molar-refractivity contribution in [1.29, 1.82) is 0 Å². The Balaban J connectivity index is 1.50. The second-order valence-electron chi connectivity index (χ2n) is 15.4. The number of fused-ring (bicyclic) bond motifs is 1. The number of ketones is 1. The van der Waals surface area contributed by atoms with Crippen molar-refractivity contribution >= 4 is 35.5 Å². The van der Waals surface area contributed by atoms with Gasteiger partial charge in [-0.15, -0.1) is 6.58 Å². The third-order valence-corrected chi connectivity index (χ3v) is 10.1. The summed E-state index contributed by atoms with van der Waals surface area (Å²) < 4.78 is 5.53. The van der Waals surface area contributed by atoms with Crippen LogP contribution in [-0.2, 0) is 35.3 Å². The fraction of sp³-hybridized carbons (Fsp3) is 0.622. The van der Waals surface area contributed by atoms with Crippen molar-refractivity contribution in [3.05, 3.63) is 48.6 Å². The van der Waals surface area contributed by atoms with Gasteiger partial charge < -0.3 is 30.9 Å². The van der Waals surface area contributed by atoms with Crippen LogP contribution in [0.2, 0.25) is 0 Å². The molecule has 3 aliphatic rings. The highest BCUT2D eigenvalue weighted by atomic mass is 16.5. The highest BCUT2D eigenvalue weighted by Crippen LogP contribution is 2.57. The Morgan fingerprint density at radius 2 is 1.71 bits per heavy atom. The quantitative estimate of drug-likeness (QED) is 0.126. The Labute approximate surface area is 289 Å². The summed E-state index contributed by atoms with van der Waals surface area (Å²) in [7, 11) is 0. The summed E-state index contributed by atoms with van der Waals surface area (Å²) in [5.41, 5.74) is -0.0449. The number of esters is 1. The molecule has 1 aromatic rings. The van der Waals surface area contributed by atoms with Gasteiger partial charge in [0.05, 0.1) is 6.04 Å². The lowest BCUT2D eigenvalue weighted by atomic mass is 9.55. The minimum absolute atomic E-state index is 0.0384. The summed E-state index contributed by atoms with van der Waals surface area (Å²) in [6, 6.07) is 4.77. The number of carbonyl (C=O) groups is 6. The van der Waals surface area contributed by atoms with Crippen LogP contribution in [0, 0.1) is 28.6 Å². The van der Waals surface area contributed by atoms with E-state index in [1.54, 1.807) is 0 Å². The lowest BCUT2D eigenvalue weighted by molar-refractivity contribution is -0.147. The zero-order valence-electron chi connectivity index (χ0n) is 29.7. The van der Waals surface area contributed by atoms with Gasteiger partial charge >= 0.3 is 12.0 Å². The Kier molecular flexibility index (Phi) is 11.9. The van der Waals surface area contributed by atoms with Gasteiger partial charge in [-0.2, -0.15) is 0 Å². The summed E-state index contributed by atoms with van der Waals surface area (Å²) in [5.74, 6) is -3.18. The van der Waals surface area contributed by atoms with Gasteiger partial charge in [0.15, 0.2) is 0 Å². The van der Waals surface area contributed by atoms with E-state index in [0.29, 0.717) is 19.4 Å². The third-order valence-electron chi connectivity index (χ3n) is 10.1. The van der Waals surface area contributed by atoms with Crippen molar-refractivity contribution in [2.45, 2.75) is 104 Å². The van der Waals surface area contributed by atoms with Crippen molar-refractivity contribution in [3.63, 3.8) is 0 Å². The summed E-state index contributed by atoms with van der Waals surface area (Å²) in [6.07, 6.45) is 4.51. The molecule has 0 radical (unpaired) electrons. The van der Waals surface area contributed by atoms with Gasteiger partial charge in [-0.25, -0.2) is 9.59 Å². The van der Waals surface area contributed by atoms with Crippen molar-refractivity contribution in [3.8, 4) is 0 Å². The molecule has 1 aromatic carbocycles. The highest BCUT2D eigenvalue weighted by Gasteiger charge is 2.61. The average molecular weight is 680 g/mol. The predicted octanol–water partition coefficient (Wildman–Crippen LogP) is 3.25. The number of benzene rings is 1. The number of nitrogens with one attached hydrogen (secondary N) is 4. The molecule has 3 fully saturated rings. The number of carbonyl (C=O) groups excluding carboxylic acids is 6. The van der Waals surface area contributed by atoms with Crippen LogP contribution in [0.5, 0.6) is 0 Å². The van der Waals surface area contributed by atoms with E-state index in [2.05, 4.69) is 41.7 Å². The first-order valence-electron chi connectivity index (χ1n) is 17.4. The lowest BCUT2D eigenvalue weighted by Gasteiger charge is -2.48.